The summed E-state index contributed by atoms with van der Waals surface area (Å²) in [4.78, 5) is 15.0. The van der Waals surface area contributed by atoms with Crippen molar-refractivity contribution < 1.29 is 14.3 Å². The maximum absolute atomic E-state index is 12.5. The number of nitrogens with zero attached hydrogens (tertiary/aromatic N) is 1. The van der Waals surface area contributed by atoms with E-state index in [9.17, 15) is 4.79 Å². The standard InChI is InChI=1S/C19H28ClN3O3/c1-25-18-10-17(21)16(20)9-15(18)19(24)22-11-13-4-6-23(7-5-13)12-14-3-2-8-26-14/h9-10,13-14H,2-8,11-12,21H2,1H3,(H,22,24)/t14-/m1/s1. The molecular weight excluding hydrogens is 354 g/mol. The van der Waals surface area contributed by atoms with Crippen molar-refractivity contribution in [1.82, 2.24) is 10.2 Å². The average molecular weight is 382 g/mol. The number of amides is 1. The minimum absolute atomic E-state index is 0.175. The predicted octanol–water partition coefficient (Wildman–Crippen LogP) is 2.55. The number of carbonyl (C=O) groups excluding carboxylic acids is 1. The zero-order chi connectivity index (χ0) is 18.5. The Morgan fingerprint density at radius 2 is 2.15 bits per heavy atom. The number of halogens is 1. The normalized spacial score (nSPS) is 21.7. The lowest BCUT2D eigenvalue weighted by molar-refractivity contribution is 0.0595. The first-order chi connectivity index (χ1) is 12.6. The van der Waals surface area contributed by atoms with E-state index in [4.69, 9.17) is 26.8 Å². The SMILES string of the molecule is COc1cc(N)c(Cl)cc1C(=O)NCC1CCN(C[C@H]2CCCO2)CC1. The van der Waals surface area contributed by atoms with Gasteiger partial charge in [-0.1, -0.05) is 11.6 Å². The van der Waals surface area contributed by atoms with Gasteiger partial charge in [0.15, 0.2) is 0 Å². The van der Waals surface area contributed by atoms with Crippen molar-refractivity contribution >= 4 is 23.2 Å². The molecule has 0 saturated carbocycles. The quantitative estimate of drug-likeness (QED) is 0.740. The Hall–Kier alpha value is -1.50. The highest BCUT2D eigenvalue weighted by atomic mass is 35.5. The largest absolute Gasteiger partial charge is 0.496 e. The molecule has 0 radical (unpaired) electrons. The lowest BCUT2D eigenvalue weighted by Gasteiger charge is -2.33. The van der Waals surface area contributed by atoms with Crippen LogP contribution in [0.2, 0.25) is 5.02 Å². The number of likely N-dealkylation sites (tertiary alicyclic amines) is 1. The van der Waals surface area contributed by atoms with Crippen LogP contribution >= 0.6 is 11.6 Å². The zero-order valence-electron chi connectivity index (χ0n) is 15.3. The highest BCUT2D eigenvalue weighted by Crippen LogP contribution is 2.29. The molecule has 0 aliphatic carbocycles. The molecule has 0 aromatic heterocycles. The fourth-order valence-electron chi connectivity index (χ4n) is 3.70. The summed E-state index contributed by atoms with van der Waals surface area (Å²) >= 11 is 6.05. The molecule has 144 valence electrons. The van der Waals surface area contributed by atoms with Crippen LogP contribution in [0.3, 0.4) is 0 Å². The Bertz CT molecular complexity index is 627. The average Bonchev–Trinajstić information content (AvgIpc) is 3.15. The van der Waals surface area contributed by atoms with Crippen molar-refractivity contribution in [3.63, 3.8) is 0 Å². The van der Waals surface area contributed by atoms with Crippen LogP contribution in [0.1, 0.15) is 36.0 Å². The maximum atomic E-state index is 12.5. The van der Waals surface area contributed by atoms with Crippen molar-refractivity contribution in [1.29, 1.82) is 0 Å². The lowest BCUT2D eigenvalue weighted by atomic mass is 9.96. The molecule has 1 aromatic carbocycles. The number of nitrogen functional groups attached to an aromatic ring is 1. The van der Waals surface area contributed by atoms with Crippen molar-refractivity contribution in [3.8, 4) is 5.75 Å². The van der Waals surface area contributed by atoms with Gasteiger partial charge in [-0.05, 0) is 50.8 Å². The van der Waals surface area contributed by atoms with Gasteiger partial charge < -0.3 is 25.4 Å². The summed E-state index contributed by atoms with van der Waals surface area (Å²) in [5.41, 5.74) is 6.59. The number of ether oxygens (including phenoxy) is 2. The van der Waals surface area contributed by atoms with E-state index in [1.165, 1.54) is 20.0 Å². The lowest BCUT2D eigenvalue weighted by Crippen LogP contribution is -2.41. The Balaban J connectivity index is 1.46. The van der Waals surface area contributed by atoms with Crippen LogP contribution in [0.4, 0.5) is 5.69 Å². The fourth-order valence-corrected chi connectivity index (χ4v) is 3.86. The number of piperidine rings is 1. The highest BCUT2D eigenvalue weighted by Gasteiger charge is 2.24. The van der Waals surface area contributed by atoms with Gasteiger partial charge in [-0.2, -0.15) is 0 Å². The third kappa shape index (κ3) is 4.81. The number of nitrogens with two attached hydrogens (primary N) is 1. The summed E-state index contributed by atoms with van der Waals surface area (Å²) in [5, 5.41) is 3.38. The Labute approximate surface area is 160 Å². The molecule has 6 nitrogen and oxygen atoms in total. The number of carbonyl (C=O) groups is 1. The summed E-state index contributed by atoms with van der Waals surface area (Å²) in [6, 6.07) is 3.15. The molecule has 3 rings (SSSR count). The summed E-state index contributed by atoms with van der Waals surface area (Å²) in [5.74, 6) is 0.760. The molecule has 3 N–H and O–H groups in total. The molecule has 1 atom stereocenters. The predicted molar refractivity (Wildman–Crippen MR) is 103 cm³/mol. The van der Waals surface area contributed by atoms with Crippen molar-refractivity contribution in [2.75, 3.05) is 45.6 Å². The molecule has 2 saturated heterocycles. The molecule has 2 aliphatic heterocycles. The second kappa shape index (κ2) is 8.93. The van der Waals surface area contributed by atoms with Gasteiger partial charge in [0.25, 0.3) is 5.91 Å². The Morgan fingerprint density at radius 1 is 1.38 bits per heavy atom. The van der Waals surface area contributed by atoms with Crippen molar-refractivity contribution in [2.45, 2.75) is 31.8 Å². The number of benzene rings is 1. The summed E-state index contributed by atoms with van der Waals surface area (Å²) < 4.78 is 11.0. The molecule has 0 spiro atoms. The first-order valence-electron chi connectivity index (χ1n) is 9.32. The molecule has 1 aromatic rings. The number of nitrogens with one attached hydrogen (secondary N) is 1. The van der Waals surface area contributed by atoms with Crippen LogP contribution in [0.5, 0.6) is 5.75 Å². The Kier molecular flexibility index (Phi) is 6.62. The van der Waals surface area contributed by atoms with E-state index >= 15 is 0 Å². The fraction of sp³-hybridized carbons (Fsp3) is 0.632. The van der Waals surface area contributed by atoms with Crippen LogP contribution in [-0.2, 0) is 4.74 Å². The van der Waals surface area contributed by atoms with Crippen LogP contribution in [0, 0.1) is 5.92 Å². The smallest absolute Gasteiger partial charge is 0.255 e. The molecular formula is C19H28ClN3O3. The third-order valence-corrected chi connectivity index (χ3v) is 5.64. The van der Waals surface area contributed by atoms with Gasteiger partial charge >= 0.3 is 0 Å². The molecule has 0 bridgehead atoms. The second-order valence-electron chi connectivity index (χ2n) is 7.16. The van der Waals surface area contributed by atoms with Crippen LogP contribution in [0.15, 0.2) is 12.1 Å². The van der Waals surface area contributed by atoms with E-state index in [1.807, 2.05) is 0 Å². The van der Waals surface area contributed by atoms with Crippen LogP contribution in [-0.4, -0.2) is 56.8 Å². The third-order valence-electron chi connectivity index (χ3n) is 5.31. The van der Waals surface area contributed by atoms with E-state index in [0.717, 1.165) is 39.1 Å². The van der Waals surface area contributed by atoms with Crippen LogP contribution < -0.4 is 15.8 Å². The molecule has 2 fully saturated rings. The molecule has 0 unspecified atom stereocenters. The van der Waals surface area contributed by atoms with Gasteiger partial charge in [-0.15, -0.1) is 0 Å². The molecule has 2 aliphatic rings. The van der Waals surface area contributed by atoms with Gasteiger partial charge in [0, 0.05) is 25.8 Å². The van der Waals surface area contributed by atoms with Gasteiger partial charge in [-0.3, -0.25) is 4.79 Å². The van der Waals surface area contributed by atoms with Gasteiger partial charge in [0.1, 0.15) is 5.75 Å². The zero-order valence-corrected chi connectivity index (χ0v) is 16.1. The summed E-state index contributed by atoms with van der Waals surface area (Å²) in [6.07, 6.45) is 4.96. The summed E-state index contributed by atoms with van der Waals surface area (Å²) in [6.45, 7) is 4.75. The number of hydrogen-bond acceptors (Lipinski definition) is 5. The van der Waals surface area contributed by atoms with Crippen molar-refractivity contribution in [2.24, 2.45) is 5.92 Å². The summed E-state index contributed by atoms with van der Waals surface area (Å²) in [7, 11) is 1.52. The van der Waals surface area contributed by atoms with Gasteiger partial charge in [-0.25, -0.2) is 0 Å². The number of methoxy groups -OCH3 is 1. The first-order valence-corrected chi connectivity index (χ1v) is 9.69. The van der Waals surface area contributed by atoms with Crippen LogP contribution in [0.25, 0.3) is 0 Å². The molecule has 26 heavy (non-hydrogen) atoms. The second-order valence-corrected chi connectivity index (χ2v) is 7.57. The molecule has 7 heteroatoms. The molecule has 1 amide bonds. The number of anilines is 1. The van der Waals surface area contributed by atoms with Gasteiger partial charge in [0.05, 0.1) is 29.5 Å². The molecule has 2 heterocycles. The number of hydrogen-bond donors (Lipinski definition) is 2. The van der Waals surface area contributed by atoms with E-state index in [0.29, 0.717) is 40.6 Å². The Morgan fingerprint density at radius 3 is 2.81 bits per heavy atom. The van der Waals surface area contributed by atoms with E-state index in [2.05, 4.69) is 10.2 Å². The monoisotopic (exact) mass is 381 g/mol. The van der Waals surface area contributed by atoms with Crippen molar-refractivity contribution in [3.05, 3.63) is 22.7 Å². The van der Waals surface area contributed by atoms with E-state index < -0.39 is 0 Å². The van der Waals surface area contributed by atoms with E-state index in [1.54, 1.807) is 12.1 Å². The topological polar surface area (TPSA) is 76.8 Å². The minimum atomic E-state index is -0.175. The van der Waals surface area contributed by atoms with Gasteiger partial charge in [0.2, 0.25) is 0 Å². The number of rotatable bonds is 6. The highest BCUT2D eigenvalue weighted by molar-refractivity contribution is 6.33. The minimum Gasteiger partial charge on any atom is -0.496 e. The maximum Gasteiger partial charge on any atom is 0.255 e. The van der Waals surface area contributed by atoms with E-state index in [-0.39, 0.29) is 5.91 Å². The first kappa shape index (κ1) is 19.3.